The molecule has 21 heavy (non-hydrogen) atoms. The minimum absolute atomic E-state index is 0.174. The predicted octanol–water partition coefficient (Wildman–Crippen LogP) is 4.09. The van der Waals surface area contributed by atoms with E-state index < -0.39 is 11.8 Å². The largest absolute Gasteiger partial charge is 0.486 e. The number of hydrogen-bond donors (Lipinski definition) is 0. The molecule has 5 heteroatoms. The maximum Gasteiger partial charge on any atom is 0.337 e. The number of benzene rings is 2. The van der Waals surface area contributed by atoms with E-state index in [0.717, 1.165) is 11.1 Å². The van der Waals surface area contributed by atoms with Gasteiger partial charge in [-0.1, -0.05) is 34.1 Å². The standard InChI is InChI=1S/C16H14BrFO3/c1-20-16(19)13-4-2-3-12(7-13)10-21-15-8-11(9-17)5-6-14(15)18/h2-8H,9-10H2,1H3. The lowest BCUT2D eigenvalue weighted by atomic mass is 10.1. The third kappa shape index (κ3) is 4.04. The highest BCUT2D eigenvalue weighted by atomic mass is 79.9. The van der Waals surface area contributed by atoms with E-state index in [1.165, 1.54) is 13.2 Å². The normalized spacial score (nSPS) is 10.2. The van der Waals surface area contributed by atoms with Crippen LogP contribution in [0.2, 0.25) is 0 Å². The first kappa shape index (κ1) is 15.5. The molecule has 0 bridgehead atoms. The highest BCUT2D eigenvalue weighted by Crippen LogP contribution is 2.21. The SMILES string of the molecule is COC(=O)c1cccc(COc2cc(CBr)ccc2F)c1. The molecule has 0 saturated heterocycles. The topological polar surface area (TPSA) is 35.5 Å². The summed E-state index contributed by atoms with van der Waals surface area (Å²) >= 11 is 3.32. The lowest BCUT2D eigenvalue weighted by Crippen LogP contribution is -2.03. The monoisotopic (exact) mass is 352 g/mol. The molecule has 0 unspecified atom stereocenters. The molecule has 2 aromatic carbocycles. The Balaban J connectivity index is 2.11. The van der Waals surface area contributed by atoms with E-state index >= 15 is 0 Å². The van der Waals surface area contributed by atoms with Crippen LogP contribution in [-0.2, 0) is 16.7 Å². The van der Waals surface area contributed by atoms with E-state index in [4.69, 9.17) is 4.74 Å². The van der Waals surface area contributed by atoms with E-state index in [1.54, 1.807) is 36.4 Å². The van der Waals surface area contributed by atoms with Crippen molar-refractivity contribution >= 4 is 21.9 Å². The summed E-state index contributed by atoms with van der Waals surface area (Å²) in [4.78, 5) is 11.4. The van der Waals surface area contributed by atoms with E-state index in [1.807, 2.05) is 0 Å². The first-order valence-corrected chi connectivity index (χ1v) is 7.40. The van der Waals surface area contributed by atoms with Gasteiger partial charge in [-0.15, -0.1) is 0 Å². The van der Waals surface area contributed by atoms with Crippen molar-refractivity contribution in [2.24, 2.45) is 0 Å². The highest BCUT2D eigenvalue weighted by Gasteiger charge is 2.08. The summed E-state index contributed by atoms with van der Waals surface area (Å²) < 4.78 is 23.8. The second-order valence-electron chi connectivity index (χ2n) is 4.38. The summed E-state index contributed by atoms with van der Waals surface area (Å²) in [6, 6.07) is 11.6. The number of hydrogen-bond acceptors (Lipinski definition) is 3. The molecule has 0 fully saturated rings. The average Bonchev–Trinajstić information content (AvgIpc) is 2.53. The van der Waals surface area contributed by atoms with Gasteiger partial charge in [0.25, 0.3) is 0 Å². The molecule has 0 radical (unpaired) electrons. The minimum Gasteiger partial charge on any atom is -0.486 e. The molecular formula is C16H14BrFO3. The Bertz CT molecular complexity index is 643. The Labute approximate surface area is 130 Å². The zero-order valence-corrected chi connectivity index (χ0v) is 13.0. The summed E-state index contributed by atoms with van der Waals surface area (Å²) in [5.74, 6) is -0.636. The number of ether oxygens (including phenoxy) is 2. The maximum absolute atomic E-state index is 13.7. The van der Waals surface area contributed by atoms with Crippen LogP contribution in [0.25, 0.3) is 0 Å². The molecule has 0 aromatic heterocycles. The van der Waals surface area contributed by atoms with Crippen LogP contribution < -0.4 is 4.74 Å². The molecule has 0 heterocycles. The summed E-state index contributed by atoms with van der Waals surface area (Å²) in [5.41, 5.74) is 2.13. The Morgan fingerprint density at radius 1 is 1.19 bits per heavy atom. The molecule has 3 nitrogen and oxygen atoms in total. The van der Waals surface area contributed by atoms with Crippen LogP contribution in [0.5, 0.6) is 5.75 Å². The van der Waals surface area contributed by atoms with Crippen LogP contribution in [0.15, 0.2) is 42.5 Å². The molecule has 0 spiro atoms. The molecule has 2 aromatic rings. The van der Waals surface area contributed by atoms with Crippen molar-refractivity contribution in [1.82, 2.24) is 0 Å². The van der Waals surface area contributed by atoms with Crippen LogP contribution in [-0.4, -0.2) is 13.1 Å². The zero-order chi connectivity index (χ0) is 15.2. The molecule has 0 aliphatic carbocycles. The Morgan fingerprint density at radius 2 is 2.00 bits per heavy atom. The number of rotatable bonds is 5. The maximum atomic E-state index is 13.7. The van der Waals surface area contributed by atoms with E-state index in [0.29, 0.717) is 10.9 Å². The Morgan fingerprint density at radius 3 is 2.71 bits per heavy atom. The van der Waals surface area contributed by atoms with Gasteiger partial charge in [0, 0.05) is 5.33 Å². The van der Waals surface area contributed by atoms with Gasteiger partial charge in [0.2, 0.25) is 0 Å². The van der Waals surface area contributed by atoms with Gasteiger partial charge in [-0.2, -0.15) is 0 Å². The first-order valence-electron chi connectivity index (χ1n) is 6.28. The van der Waals surface area contributed by atoms with Gasteiger partial charge in [-0.25, -0.2) is 9.18 Å². The molecule has 2 rings (SSSR count). The van der Waals surface area contributed by atoms with Crippen LogP contribution in [0, 0.1) is 5.82 Å². The molecule has 0 aliphatic heterocycles. The highest BCUT2D eigenvalue weighted by molar-refractivity contribution is 9.08. The third-order valence-corrected chi connectivity index (χ3v) is 3.54. The van der Waals surface area contributed by atoms with Gasteiger partial charge in [0.1, 0.15) is 6.61 Å². The second-order valence-corrected chi connectivity index (χ2v) is 4.94. The fraction of sp³-hybridized carbons (Fsp3) is 0.188. The van der Waals surface area contributed by atoms with Gasteiger partial charge in [0.15, 0.2) is 11.6 Å². The zero-order valence-electron chi connectivity index (χ0n) is 11.4. The number of alkyl halides is 1. The fourth-order valence-corrected chi connectivity index (χ4v) is 2.16. The van der Waals surface area contributed by atoms with Gasteiger partial charge in [0.05, 0.1) is 12.7 Å². The fourth-order valence-electron chi connectivity index (χ4n) is 1.81. The van der Waals surface area contributed by atoms with E-state index in [9.17, 15) is 9.18 Å². The van der Waals surface area contributed by atoms with E-state index in [-0.39, 0.29) is 12.4 Å². The van der Waals surface area contributed by atoms with Gasteiger partial charge in [-0.3, -0.25) is 0 Å². The van der Waals surface area contributed by atoms with Gasteiger partial charge >= 0.3 is 5.97 Å². The third-order valence-electron chi connectivity index (χ3n) is 2.89. The van der Waals surface area contributed by atoms with Crippen LogP contribution in [0.3, 0.4) is 0 Å². The van der Waals surface area contributed by atoms with Crippen LogP contribution in [0.1, 0.15) is 21.5 Å². The molecule has 0 saturated carbocycles. The summed E-state index contributed by atoms with van der Waals surface area (Å²) in [6.45, 7) is 0.174. The minimum atomic E-state index is -0.413. The average molecular weight is 353 g/mol. The van der Waals surface area contributed by atoms with E-state index in [2.05, 4.69) is 20.7 Å². The molecular weight excluding hydrogens is 339 g/mol. The predicted molar refractivity (Wildman–Crippen MR) is 81.1 cm³/mol. The van der Waals surface area contributed by atoms with Crippen molar-refractivity contribution in [2.45, 2.75) is 11.9 Å². The van der Waals surface area contributed by atoms with Crippen molar-refractivity contribution < 1.29 is 18.7 Å². The van der Waals surface area contributed by atoms with Crippen molar-refractivity contribution in [2.75, 3.05) is 7.11 Å². The number of carbonyl (C=O) groups excluding carboxylic acids is 1. The summed E-state index contributed by atoms with van der Waals surface area (Å²) in [6.07, 6.45) is 0. The van der Waals surface area contributed by atoms with Crippen molar-refractivity contribution in [1.29, 1.82) is 0 Å². The smallest absolute Gasteiger partial charge is 0.337 e. The van der Waals surface area contributed by atoms with Crippen molar-refractivity contribution in [3.05, 3.63) is 65.0 Å². The lowest BCUT2D eigenvalue weighted by Gasteiger charge is -2.09. The lowest BCUT2D eigenvalue weighted by molar-refractivity contribution is 0.0600. The molecule has 110 valence electrons. The van der Waals surface area contributed by atoms with Crippen LogP contribution in [0.4, 0.5) is 4.39 Å². The Hall–Kier alpha value is -1.88. The van der Waals surface area contributed by atoms with Crippen molar-refractivity contribution in [3.8, 4) is 5.75 Å². The quantitative estimate of drug-likeness (QED) is 0.600. The summed E-state index contributed by atoms with van der Waals surface area (Å²) in [7, 11) is 1.33. The van der Waals surface area contributed by atoms with Crippen LogP contribution >= 0.6 is 15.9 Å². The molecule has 0 atom stereocenters. The number of esters is 1. The number of methoxy groups -OCH3 is 1. The molecule has 0 N–H and O–H groups in total. The first-order chi connectivity index (χ1) is 10.1. The molecule has 0 aliphatic rings. The van der Waals surface area contributed by atoms with Crippen molar-refractivity contribution in [3.63, 3.8) is 0 Å². The van der Waals surface area contributed by atoms with Gasteiger partial charge in [-0.05, 0) is 35.4 Å². The van der Waals surface area contributed by atoms with Gasteiger partial charge < -0.3 is 9.47 Å². The second kappa shape index (κ2) is 7.22. The summed E-state index contributed by atoms with van der Waals surface area (Å²) in [5, 5.41) is 0.626. The molecule has 0 amide bonds. The number of halogens is 2. The Kier molecular flexibility index (Phi) is 5.33. The number of carbonyl (C=O) groups is 1.